The Labute approximate surface area is 137 Å². The number of benzene rings is 1. The van der Waals surface area contributed by atoms with Gasteiger partial charge in [-0.25, -0.2) is 9.97 Å². The van der Waals surface area contributed by atoms with Crippen LogP contribution in [0, 0.1) is 6.92 Å². The van der Waals surface area contributed by atoms with E-state index in [9.17, 15) is 0 Å². The minimum Gasteiger partial charge on any atom is -0.368 e. The van der Waals surface area contributed by atoms with Crippen molar-refractivity contribution in [2.75, 3.05) is 0 Å². The zero-order valence-corrected chi connectivity index (χ0v) is 13.1. The minimum atomic E-state index is -0.102. The third kappa shape index (κ3) is 2.83. The third-order valence-electron chi connectivity index (χ3n) is 3.70. The molecule has 7 heteroatoms. The van der Waals surface area contributed by atoms with Crippen LogP contribution in [0.25, 0.3) is 11.6 Å². The van der Waals surface area contributed by atoms with Crippen molar-refractivity contribution in [1.82, 2.24) is 20.1 Å². The largest absolute Gasteiger partial charge is 0.368 e. The zero-order chi connectivity index (χ0) is 15.8. The quantitative estimate of drug-likeness (QED) is 0.734. The number of rotatable bonds is 3. The van der Waals surface area contributed by atoms with E-state index in [1.165, 1.54) is 0 Å². The first-order valence-electron chi connectivity index (χ1n) is 7.20. The number of nitrogens with zero attached hydrogens (tertiary/aromatic N) is 4. The standard InChI is InChI=1S/C16H13ClN4O2/c1-9-6-18-15(19-7-9)16-20-14(23-21-16)5-13-12-3-2-11(17)4-10(12)8-22-13/h2-4,6-7,13H,5,8H2,1H3. The molecule has 2 aromatic heterocycles. The van der Waals surface area contributed by atoms with Crippen molar-refractivity contribution in [3.05, 3.63) is 58.2 Å². The molecule has 0 radical (unpaired) electrons. The van der Waals surface area contributed by atoms with Crippen molar-refractivity contribution in [2.24, 2.45) is 0 Å². The Bertz CT molecular complexity index is 848. The first-order chi connectivity index (χ1) is 11.2. The molecule has 6 nitrogen and oxygen atoms in total. The maximum absolute atomic E-state index is 6.00. The second-order valence-electron chi connectivity index (χ2n) is 5.44. The van der Waals surface area contributed by atoms with Crippen LogP contribution >= 0.6 is 11.6 Å². The van der Waals surface area contributed by atoms with Gasteiger partial charge in [-0.3, -0.25) is 0 Å². The SMILES string of the molecule is Cc1cnc(-c2noc(CC3OCc4cc(Cl)ccc43)n2)nc1. The molecule has 3 aromatic rings. The van der Waals surface area contributed by atoms with Crippen LogP contribution in [-0.4, -0.2) is 20.1 Å². The fourth-order valence-corrected chi connectivity index (χ4v) is 2.75. The molecule has 0 saturated carbocycles. The Hall–Kier alpha value is -2.31. The molecule has 1 aliphatic heterocycles. The van der Waals surface area contributed by atoms with Crippen LogP contribution in [0.5, 0.6) is 0 Å². The van der Waals surface area contributed by atoms with Crippen molar-refractivity contribution in [3.63, 3.8) is 0 Å². The smallest absolute Gasteiger partial charge is 0.240 e. The zero-order valence-electron chi connectivity index (χ0n) is 12.4. The van der Waals surface area contributed by atoms with Crippen molar-refractivity contribution >= 4 is 11.6 Å². The fraction of sp³-hybridized carbons (Fsp3) is 0.250. The second-order valence-corrected chi connectivity index (χ2v) is 5.88. The molecule has 23 heavy (non-hydrogen) atoms. The first-order valence-corrected chi connectivity index (χ1v) is 7.58. The van der Waals surface area contributed by atoms with Gasteiger partial charge in [-0.05, 0) is 35.7 Å². The summed E-state index contributed by atoms with van der Waals surface area (Å²) in [5, 5.41) is 4.65. The van der Waals surface area contributed by atoms with Crippen LogP contribution in [-0.2, 0) is 17.8 Å². The van der Waals surface area contributed by atoms with Crippen molar-refractivity contribution < 1.29 is 9.26 Å². The molecule has 0 aliphatic carbocycles. The summed E-state index contributed by atoms with van der Waals surface area (Å²) in [5.74, 6) is 1.33. The third-order valence-corrected chi connectivity index (χ3v) is 3.94. The second kappa shape index (κ2) is 5.72. The number of hydrogen-bond donors (Lipinski definition) is 0. The molecule has 1 aliphatic rings. The molecule has 1 unspecified atom stereocenters. The van der Waals surface area contributed by atoms with E-state index in [1.54, 1.807) is 12.4 Å². The summed E-state index contributed by atoms with van der Waals surface area (Å²) in [6, 6.07) is 5.77. The lowest BCUT2D eigenvalue weighted by molar-refractivity contribution is 0.0608. The monoisotopic (exact) mass is 328 g/mol. The topological polar surface area (TPSA) is 73.9 Å². The highest BCUT2D eigenvalue weighted by atomic mass is 35.5. The van der Waals surface area contributed by atoms with Crippen LogP contribution < -0.4 is 0 Å². The number of aromatic nitrogens is 4. The molecule has 3 heterocycles. The fourth-order valence-electron chi connectivity index (χ4n) is 2.56. The van der Waals surface area contributed by atoms with Gasteiger partial charge in [0.25, 0.3) is 0 Å². The summed E-state index contributed by atoms with van der Waals surface area (Å²) in [6.07, 6.45) is 3.85. The molecule has 0 amide bonds. The van der Waals surface area contributed by atoms with E-state index >= 15 is 0 Å². The predicted molar refractivity (Wildman–Crippen MR) is 82.7 cm³/mol. The van der Waals surface area contributed by atoms with E-state index in [1.807, 2.05) is 25.1 Å². The van der Waals surface area contributed by atoms with E-state index in [0.29, 0.717) is 35.6 Å². The normalized spacial score (nSPS) is 16.5. The molecular weight excluding hydrogens is 316 g/mol. The van der Waals surface area contributed by atoms with Crippen LogP contribution in [0.4, 0.5) is 0 Å². The lowest BCUT2D eigenvalue weighted by Crippen LogP contribution is -2.01. The average molecular weight is 329 g/mol. The maximum atomic E-state index is 6.00. The average Bonchev–Trinajstić information content (AvgIpc) is 3.16. The Morgan fingerprint density at radius 2 is 2.04 bits per heavy atom. The number of ether oxygens (including phenoxy) is 1. The molecule has 116 valence electrons. The molecular formula is C16H13ClN4O2. The van der Waals surface area contributed by atoms with Crippen LogP contribution in [0.2, 0.25) is 5.02 Å². The summed E-state index contributed by atoms with van der Waals surface area (Å²) in [6.45, 7) is 2.47. The molecule has 0 N–H and O–H groups in total. The number of halogens is 1. The van der Waals surface area contributed by atoms with Gasteiger partial charge in [0.1, 0.15) is 0 Å². The molecule has 0 saturated heterocycles. The number of hydrogen-bond acceptors (Lipinski definition) is 6. The molecule has 1 aromatic carbocycles. The van der Waals surface area contributed by atoms with Crippen molar-refractivity contribution in [1.29, 1.82) is 0 Å². The lowest BCUT2D eigenvalue weighted by atomic mass is 10.0. The minimum absolute atomic E-state index is 0.102. The van der Waals surface area contributed by atoms with Crippen LogP contribution in [0.15, 0.2) is 35.1 Å². The van der Waals surface area contributed by atoms with Crippen molar-refractivity contribution in [2.45, 2.75) is 26.1 Å². The predicted octanol–water partition coefficient (Wildman–Crippen LogP) is 3.30. The highest BCUT2D eigenvalue weighted by Crippen LogP contribution is 2.34. The maximum Gasteiger partial charge on any atom is 0.240 e. The highest BCUT2D eigenvalue weighted by Gasteiger charge is 2.26. The Morgan fingerprint density at radius 1 is 1.22 bits per heavy atom. The van der Waals surface area contributed by atoms with E-state index in [4.69, 9.17) is 20.9 Å². The lowest BCUT2D eigenvalue weighted by Gasteiger charge is -2.07. The van der Waals surface area contributed by atoms with Gasteiger partial charge < -0.3 is 9.26 Å². The van der Waals surface area contributed by atoms with Gasteiger partial charge in [0, 0.05) is 17.4 Å². The van der Waals surface area contributed by atoms with Crippen LogP contribution in [0.1, 0.15) is 28.7 Å². The van der Waals surface area contributed by atoms with Crippen LogP contribution in [0.3, 0.4) is 0 Å². The first kappa shape index (κ1) is 14.3. The van der Waals surface area contributed by atoms with E-state index in [2.05, 4.69) is 20.1 Å². The Balaban J connectivity index is 1.54. The van der Waals surface area contributed by atoms with E-state index < -0.39 is 0 Å². The molecule has 0 spiro atoms. The van der Waals surface area contributed by atoms with Gasteiger partial charge in [0.15, 0.2) is 0 Å². The molecule has 0 bridgehead atoms. The summed E-state index contributed by atoms with van der Waals surface area (Å²) in [7, 11) is 0. The molecule has 1 atom stereocenters. The van der Waals surface area contributed by atoms with Gasteiger partial charge >= 0.3 is 0 Å². The highest BCUT2D eigenvalue weighted by molar-refractivity contribution is 6.30. The number of fused-ring (bicyclic) bond motifs is 1. The molecule has 0 fully saturated rings. The van der Waals surface area contributed by atoms with Gasteiger partial charge in [-0.15, -0.1) is 0 Å². The van der Waals surface area contributed by atoms with Gasteiger partial charge in [0.2, 0.25) is 17.5 Å². The van der Waals surface area contributed by atoms with Gasteiger partial charge in [-0.2, -0.15) is 4.98 Å². The van der Waals surface area contributed by atoms with Gasteiger partial charge in [-0.1, -0.05) is 22.8 Å². The summed E-state index contributed by atoms with van der Waals surface area (Å²) in [4.78, 5) is 12.7. The summed E-state index contributed by atoms with van der Waals surface area (Å²) in [5.41, 5.74) is 3.19. The summed E-state index contributed by atoms with van der Waals surface area (Å²) < 4.78 is 11.1. The van der Waals surface area contributed by atoms with E-state index in [-0.39, 0.29) is 6.10 Å². The van der Waals surface area contributed by atoms with Crippen molar-refractivity contribution in [3.8, 4) is 11.6 Å². The van der Waals surface area contributed by atoms with Gasteiger partial charge in [0.05, 0.1) is 19.1 Å². The Kier molecular flexibility index (Phi) is 3.55. The number of aryl methyl sites for hydroxylation is 1. The Morgan fingerprint density at radius 3 is 2.87 bits per heavy atom. The summed E-state index contributed by atoms with van der Waals surface area (Å²) >= 11 is 6.00. The van der Waals surface area contributed by atoms with E-state index in [0.717, 1.165) is 16.7 Å². The molecule has 4 rings (SSSR count).